The van der Waals surface area contributed by atoms with E-state index >= 15 is 0 Å². The molecule has 1 amide bonds. The van der Waals surface area contributed by atoms with Gasteiger partial charge in [-0.2, -0.15) is 0 Å². The Balaban J connectivity index is 2.20. The quantitative estimate of drug-likeness (QED) is 0.875. The number of aliphatic carboxylic acids is 1. The molecule has 1 aromatic carbocycles. The van der Waals surface area contributed by atoms with Gasteiger partial charge in [-0.3, -0.25) is 9.59 Å². The van der Waals surface area contributed by atoms with Crippen LogP contribution in [0, 0.1) is 5.82 Å². The number of rotatable bonds is 5. The van der Waals surface area contributed by atoms with Crippen LogP contribution in [0.25, 0.3) is 0 Å². The van der Waals surface area contributed by atoms with Crippen LogP contribution in [0.15, 0.2) is 24.3 Å². The van der Waals surface area contributed by atoms with E-state index in [0.29, 0.717) is 24.8 Å². The van der Waals surface area contributed by atoms with Crippen molar-refractivity contribution >= 4 is 11.9 Å². The molecular formula is C17H21F2NO3. The fourth-order valence-electron chi connectivity index (χ4n) is 3.04. The van der Waals surface area contributed by atoms with Crippen molar-refractivity contribution in [3.63, 3.8) is 0 Å². The molecule has 1 fully saturated rings. The summed E-state index contributed by atoms with van der Waals surface area (Å²) in [5.41, 5.74) is -0.908. The Morgan fingerprint density at radius 3 is 2.52 bits per heavy atom. The van der Waals surface area contributed by atoms with Crippen LogP contribution >= 0.6 is 0 Å². The van der Waals surface area contributed by atoms with Gasteiger partial charge in [0.15, 0.2) is 0 Å². The summed E-state index contributed by atoms with van der Waals surface area (Å²) in [6.07, 6.45) is 0.757. The lowest BCUT2D eigenvalue weighted by Crippen LogP contribution is -2.49. The zero-order valence-electron chi connectivity index (χ0n) is 13.0. The summed E-state index contributed by atoms with van der Waals surface area (Å²) in [4.78, 5) is 23.9. The number of carbonyl (C=O) groups excluding carboxylic acids is 1. The Kier molecular flexibility index (Phi) is 5.34. The highest BCUT2D eigenvalue weighted by atomic mass is 19.1. The lowest BCUT2D eigenvalue weighted by molar-refractivity contribution is -0.142. The maximum atomic E-state index is 13.5. The van der Waals surface area contributed by atoms with Crippen molar-refractivity contribution in [3.05, 3.63) is 35.6 Å². The van der Waals surface area contributed by atoms with Crippen LogP contribution in [0.5, 0.6) is 0 Å². The molecular weight excluding hydrogens is 304 g/mol. The maximum Gasteiger partial charge on any atom is 0.304 e. The van der Waals surface area contributed by atoms with Crippen molar-refractivity contribution in [3.8, 4) is 0 Å². The van der Waals surface area contributed by atoms with Crippen LogP contribution in [-0.4, -0.2) is 29.2 Å². The van der Waals surface area contributed by atoms with Gasteiger partial charge in [-0.15, -0.1) is 0 Å². The first kappa shape index (κ1) is 17.4. The van der Waals surface area contributed by atoms with Crippen LogP contribution in [0.1, 0.15) is 44.6 Å². The van der Waals surface area contributed by atoms with Gasteiger partial charge in [0.2, 0.25) is 5.91 Å². The van der Waals surface area contributed by atoms with Crippen molar-refractivity contribution in [1.29, 1.82) is 0 Å². The maximum absolute atomic E-state index is 13.5. The van der Waals surface area contributed by atoms with E-state index < -0.39 is 35.7 Å². The Hall–Kier alpha value is -1.98. The summed E-state index contributed by atoms with van der Waals surface area (Å²) < 4.78 is 26.6. The summed E-state index contributed by atoms with van der Waals surface area (Å²) in [5.74, 6) is -2.05. The first-order valence-electron chi connectivity index (χ1n) is 7.74. The molecule has 0 aromatic heterocycles. The average molecular weight is 325 g/mol. The van der Waals surface area contributed by atoms with E-state index in [1.54, 1.807) is 0 Å². The van der Waals surface area contributed by atoms with Gasteiger partial charge >= 0.3 is 5.97 Å². The second kappa shape index (κ2) is 7.06. The van der Waals surface area contributed by atoms with Gasteiger partial charge in [-0.1, -0.05) is 12.1 Å². The molecule has 0 spiro atoms. The topological polar surface area (TPSA) is 66.4 Å². The van der Waals surface area contributed by atoms with E-state index in [9.17, 15) is 18.4 Å². The monoisotopic (exact) mass is 325 g/mol. The molecule has 0 radical (unpaired) electrons. The lowest BCUT2D eigenvalue weighted by atomic mass is 9.78. The van der Waals surface area contributed by atoms with E-state index in [1.807, 2.05) is 0 Å². The molecule has 0 aliphatic heterocycles. The van der Waals surface area contributed by atoms with Crippen molar-refractivity contribution < 1.29 is 23.5 Å². The lowest BCUT2D eigenvalue weighted by Gasteiger charge is -2.32. The third-order valence-electron chi connectivity index (χ3n) is 4.43. The summed E-state index contributed by atoms with van der Waals surface area (Å²) in [6, 6.07) is 4.93. The molecule has 0 heterocycles. The number of amides is 1. The van der Waals surface area contributed by atoms with E-state index in [1.165, 1.54) is 31.2 Å². The predicted molar refractivity (Wildman–Crippen MR) is 81.3 cm³/mol. The number of carbonyl (C=O) groups is 2. The number of nitrogens with one attached hydrogen (secondary N) is 1. The minimum atomic E-state index is -1.33. The summed E-state index contributed by atoms with van der Waals surface area (Å²) >= 11 is 0. The van der Waals surface area contributed by atoms with Crippen LogP contribution in [-0.2, 0) is 15.0 Å². The van der Waals surface area contributed by atoms with Gasteiger partial charge in [0.05, 0.1) is 11.8 Å². The highest BCUT2D eigenvalue weighted by Gasteiger charge is 2.39. The van der Waals surface area contributed by atoms with Crippen LogP contribution in [0.2, 0.25) is 0 Å². The number of carboxylic acids is 1. The Labute approximate surface area is 133 Å². The van der Waals surface area contributed by atoms with Crippen LogP contribution in [0.3, 0.4) is 0 Å². The average Bonchev–Trinajstić information content (AvgIpc) is 2.47. The molecule has 0 saturated heterocycles. The Morgan fingerprint density at radius 2 is 1.96 bits per heavy atom. The van der Waals surface area contributed by atoms with Crippen LogP contribution in [0.4, 0.5) is 8.78 Å². The minimum absolute atomic E-state index is 0.248. The SMILES string of the molecule is CC(CC(=O)O)(C(=O)NC1CCCC(F)C1)c1ccc(F)cc1. The van der Waals surface area contributed by atoms with Crippen LogP contribution < -0.4 is 5.32 Å². The molecule has 126 valence electrons. The van der Waals surface area contributed by atoms with E-state index in [0.717, 1.165) is 0 Å². The third kappa shape index (κ3) is 4.27. The van der Waals surface area contributed by atoms with Gasteiger partial charge in [-0.05, 0) is 50.3 Å². The molecule has 2 N–H and O–H groups in total. The molecule has 1 saturated carbocycles. The van der Waals surface area contributed by atoms with Gasteiger partial charge in [-0.25, -0.2) is 8.78 Å². The zero-order valence-corrected chi connectivity index (χ0v) is 13.0. The molecule has 0 bridgehead atoms. The zero-order chi connectivity index (χ0) is 17.0. The normalized spacial score (nSPS) is 23.8. The number of alkyl halides is 1. The summed E-state index contributed by atoms with van der Waals surface area (Å²) in [5, 5.41) is 11.9. The van der Waals surface area contributed by atoms with Gasteiger partial charge in [0.25, 0.3) is 0 Å². The molecule has 1 aromatic rings. The smallest absolute Gasteiger partial charge is 0.304 e. The van der Waals surface area contributed by atoms with Gasteiger partial charge in [0, 0.05) is 6.04 Å². The Morgan fingerprint density at radius 1 is 1.30 bits per heavy atom. The highest BCUT2D eigenvalue weighted by molar-refractivity contribution is 5.91. The first-order valence-corrected chi connectivity index (χ1v) is 7.74. The van der Waals surface area contributed by atoms with Crippen molar-refractivity contribution in [2.24, 2.45) is 0 Å². The van der Waals surface area contributed by atoms with E-state index in [-0.39, 0.29) is 12.5 Å². The molecule has 1 aliphatic rings. The summed E-state index contributed by atoms with van der Waals surface area (Å²) in [6.45, 7) is 1.51. The van der Waals surface area contributed by atoms with Crippen molar-refractivity contribution in [2.75, 3.05) is 0 Å². The van der Waals surface area contributed by atoms with Gasteiger partial charge < -0.3 is 10.4 Å². The fourth-order valence-corrected chi connectivity index (χ4v) is 3.04. The third-order valence-corrected chi connectivity index (χ3v) is 4.43. The molecule has 3 atom stereocenters. The first-order chi connectivity index (χ1) is 10.8. The highest BCUT2D eigenvalue weighted by Crippen LogP contribution is 2.30. The minimum Gasteiger partial charge on any atom is -0.481 e. The van der Waals surface area contributed by atoms with Gasteiger partial charge in [0.1, 0.15) is 12.0 Å². The number of hydrogen-bond acceptors (Lipinski definition) is 2. The molecule has 6 heteroatoms. The summed E-state index contributed by atoms with van der Waals surface area (Å²) in [7, 11) is 0. The molecule has 1 aliphatic carbocycles. The predicted octanol–water partition coefficient (Wildman–Crippen LogP) is 2.96. The van der Waals surface area contributed by atoms with Crippen molar-refractivity contribution in [2.45, 2.75) is 56.7 Å². The fraction of sp³-hybridized carbons (Fsp3) is 0.529. The second-order valence-corrected chi connectivity index (χ2v) is 6.34. The number of carboxylic acid groups (broad SMARTS) is 1. The second-order valence-electron chi connectivity index (χ2n) is 6.34. The van der Waals surface area contributed by atoms with E-state index in [2.05, 4.69) is 5.32 Å². The standard InChI is InChI=1S/C17H21F2NO3/c1-17(10-15(21)22,11-5-7-12(18)8-6-11)16(23)20-14-4-2-3-13(19)9-14/h5-8,13-14H,2-4,9-10H2,1H3,(H,20,23)(H,21,22). The van der Waals surface area contributed by atoms with Crippen molar-refractivity contribution in [1.82, 2.24) is 5.32 Å². The molecule has 23 heavy (non-hydrogen) atoms. The largest absolute Gasteiger partial charge is 0.481 e. The number of halogens is 2. The molecule has 4 nitrogen and oxygen atoms in total. The Bertz CT molecular complexity index is 576. The number of hydrogen-bond donors (Lipinski definition) is 2. The number of benzene rings is 1. The molecule has 3 unspecified atom stereocenters. The molecule has 2 rings (SSSR count). The van der Waals surface area contributed by atoms with E-state index in [4.69, 9.17) is 5.11 Å².